The summed E-state index contributed by atoms with van der Waals surface area (Å²) in [5.41, 5.74) is 3.15. The number of nitrogens with zero attached hydrogens (tertiary/aromatic N) is 1. The van der Waals surface area contributed by atoms with Crippen molar-refractivity contribution in [2.24, 2.45) is 5.92 Å². The smallest absolute Gasteiger partial charge is 0.250 e. The van der Waals surface area contributed by atoms with E-state index < -0.39 is 23.3 Å². The zero-order valence-electron chi connectivity index (χ0n) is 22.1. The lowest BCUT2D eigenvalue weighted by Crippen LogP contribution is -2.44. The van der Waals surface area contributed by atoms with Gasteiger partial charge in [0.15, 0.2) is 0 Å². The Balaban J connectivity index is 1.63. The number of hydrogen-bond donors (Lipinski definition) is 2. The zero-order valence-corrected chi connectivity index (χ0v) is 22.1. The van der Waals surface area contributed by atoms with Crippen molar-refractivity contribution in [3.05, 3.63) is 95.6 Å². The van der Waals surface area contributed by atoms with Gasteiger partial charge in [-0.15, -0.1) is 0 Å². The lowest BCUT2D eigenvalue weighted by molar-refractivity contribution is -0.137. The van der Waals surface area contributed by atoms with Crippen LogP contribution in [0.2, 0.25) is 0 Å². The van der Waals surface area contributed by atoms with Crippen molar-refractivity contribution >= 4 is 5.91 Å². The van der Waals surface area contributed by atoms with Crippen molar-refractivity contribution in [3.63, 3.8) is 0 Å². The van der Waals surface area contributed by atoms with Gasteiger partial charge in [0.2, 0.25) is 5.91 Å². The first-order valence-electron chi connectivity index (χ1n) is 13.0. The highest BCUT2D eigenvalue weighted by Crippen LogP contribution is 2.36. The van der Waals surface area contributed by atoms with Crippen LogP contribution in [0.15, 0.2) is 78.9 Å². The topological polar surface area (TPSA) is 82.3 Å². The van der Waals surface area contributed by atoms with E-state index in [0.29, 0.717) is 19.3 Å². The van der Waals surface area contributed by atoms with Crippen LogP contribution < -0.4 is 5.32 Å². The first-order valence-corrected chi connectivity index (χ1v) is 13.0. The number of benzene rings is 3. The zero-order chi connectivity index (χ0) is 26.6. The molecule has 2 atom stereocenters. The molecule has 0 radical (unpaired) electrons. The lowest BCUT2D eigenvalue weighted by Gasteiger charge is -2.27. The lowest BCUT2D eigenvalue weighted by atomic mass is 9.93. The van der Waals surface area contributed by atoms with Crippen LogP contribution in [-0.4, -0.2) is 22.7 Å². The minimum absolute atomic E-state index is 0.228. The molecule has 2 N–H and O–H groups in total. The van der Waals surface area contributed by atoms with Gasteiger partial charge < -0.3 is 15.2 Å². The third kappa shape index (κ3) is 6.65. The van der Waals surface area contributed by atoms with Gasteiger partial charge in [-0.3, -0.25) is 4.79 Å². The van der Waals surface area contributed by atoms with Crippen molar-refractivity contribution in [1.29, 1.82) is 5.26 Å². The molecule has 0 saturated heterocycles. The van der Waals surface area contributed by atoms with Gasteiger partial charge in [0.25, 0.3) is 0 Å². The molecule has 0 heterocycles. The van der Waals surface area contributed by atoms with E-state index in [4.69, 9.17) is 4.74 Å². The van der Waals surface area contributed by atoms with E-state index in [1.807, 2.05) is 78.9 Å². The highest BCUT2D eigenvalue weighted by molar-refractivity contribution is 5.82. The molecule has 0 spiro atoms. The van der Waals surface area contributed by atoms with Gasteiger partial charge in [0.1, 0.15) is 17.7 Å². The molecule has 5 heteroatoms. The molecular formula is C32H36N2O3. The number of hydrogen-bond acceptors (Lipinski definition) is 4. The average molecular weight is 497 g/mol. The first-order chi connectivity index (χ1) is 17.6. The number of nitriles is 1. The molecule has 1 aliphatic carbocycles. The number of amides is 1. The van der Waals surface area contributed by atoms with Crippen LogP contribution >= 0.6 is 0 Å². The summed E-state index contributed by atoms with van der Waals surface area (Å²) in [6.45, 7) is 7.69. The molecule has 1 unspecified atom stereocenters. The van der Waals surface area contributed by atoms with Crippen LogP contribution in [0.5, 0.6) is 0 Å². The van der Waals surface area contributed by atoms with Gasteiger partial charge in [-0.2, -0.15) is 5.26 Å². The van der Waals surface area contributed by atoms with Crippen LogP contribution in [0.1, 0.15) is 69.8 Å². The molecule has 4 rings (SSSR count). The molecule has 1 aliphatic rings. The molecule has 1 fully saturated rings. The van der Waals surface area contributed by atoms with E-state index in [1.165, 1.54) is 0 Å². The predicted molar refractivity (Wildman–Crippen MR) is 145 cm³/mol. The molecule has 5 nitrogen and oxygen atoms in total. The molecule has 1 amide bonds. The molecule has 0 bridgehead atoms. The predicted octanol–water partition coefficient (Wildman–Crippen LogP) is 6.27. The Hall–Kier alpha value is -3.46. The molecular weight excluding hydrogens is 460 g/mol. The fourth-order valence-corrected chi connectivity index (χ4v) is 4.43. The normalized spacial score (nSPS) is 16.0. The monoisotopic (exact) mass is 496 g/mol. The van der Waals surface area contributed by atoms with E-state index in [-0.39, 0.29) is 11.8 Å². The Morgan fingerprint density at radius 1 is 1.00 bits per heavy atom. The fraction of sp³-hybridized carbons (Fsp3) is 0.375. The summed E-state index contributed by atoms with van der Waals surface area (Å²) < 4.78 is 6.57. The average Bonchev–Trinajstić information content (AvgIpc) is 3.66. The Kier molecular flexibility index (Phi) is 7.82. The van der Waals surface area contributed by atoms with Crippen molar-refractivity contribution in [2.75, 3.05) is 0 Å². The number of nitrogens with one attached hydrogen (secondary N) is 1. The van der Waals surface area contributed by atoms with Crippen molar-refractivity contribution < 1.29 is 14.6 Å². The summed E-state index contributed by atoms with van der Waals surface area (Å²) in [4.78, 5) is 13.2. The molecule has 0 aliphatic heterocycles. The number of ether oxygens (including phenoxy) is 1. The Labute approximate surface area is 220 Å². The van der Waals surface area contributed by atoms with E-state index in [0.717, 1.165) is 27.8 Å². The maximum Gasteiger partial charge on any atom is 0.250 e. The van der Waals surface area contributed by atoms with Crippen molar-refractivity contribution in [2.45, 2.75) is 70.3 Å². The minimum Gasteiger partial charge on any atom is -0.386 e. The maximum atomic E-state index is 13.2. The third-order valence-electron chi connectivity index (χ3n) is 6.82. The van der Waals surface area contributed by atoms with Crippen LogP contribution in [0.4, 0.5) is 0 Å². The van der Waals surface area contributed by atoms with E-state index in [1.54, 1.807) is 13.8 Å². The summed E-state index contributed by atoms with van der Waals surface area (Å²) in [6, 6.07) is 28.2. The number of rotatable bonds is 10. The van der Waals surface area contributed by atoms with Gasteiger partial charge in [-0.25, -0.2) is 0 Å². The number of aliphatic hydroxyl groups is 1. The summed E-state index contributed by atoms with van der Waals surface area (Å²) in [5.74, 6) is 0.0172. The highest BCUT2D eigenvalue weighted by atomic mass is 16.5. The van der Waals surface area contributed by atoms with Crippen molar-refractivity contribution in [3.8, 4) is 17.2 Å². The van der Waals surface area contributed by atoms with Crippen LogP contribution in [0.25, 0.3) is 11.1 Å². The van der Waals surface area contributed by atoms with Gasteiger partial charge >= 0.3 is 0 Å². The quantitative estimate of drug-likeness (QED) is 0.346. The maximum absolute atomic E-state index is 13.2. The summed E-state index contributed by atoms with van der Waals surface area (Å²) in [7, 11) is 0. The SMILES string of the molecule is CC(C)C[C@H](OC(c1ccccc1)c1ccc(-c2cccc(C(C)(C)O)c2)cc1)C(=O)NC1(C#N)CC1. The largest absolute Gasteiger partial charge is 0.386 e. The van der Waals surface area contributed by atoms with Crippen LogP contribution in [0, 0.1) is 17.2 Å². The molecule has 1 saturated carbocycles. The molecule has 192 valence electrons. The number of carbonyl (C=O) groups is 1. The number of carbonyl (C=O) groups excluding carboxylic acids is 1. The molecule has 37 heavy (non-hydrogen) atoms. The van der Waals surface area contributed by atoms with Crippen LogP contribution in [0.3, 0.4) is 0 Å². The summed E-state index contributed by atoms with van der Waals surface area (Å²) >= 11 is 0. The molecule has 3 aromatic rings. The standard InChI is InChI=1S/C32H36N2O3/c1-22(2)19-28(30(35)34-32(21-33)17-18-32)37-29(24-9-6-5-7-10-24)25-15-13-23(14-16-25)26-11-8-12-27(20-26)31(3,4)36/h5-16,20,22,28-29,36H,17-19H2,1-4H3,(H,34,35)/t28-,29?/m0/s1. The van der Waals surface area contributed by atoms with Gasteiger partial charge in [-0.05, 0) is 72.9 Å². The van der Waals surface area contributed by atoms with Crippen molar-refractivity contribution in [1.82, 2.24) is 5.32 Å². The fourth-order valence-electron chi connectivity index (χ4n) is 4.43. The second-order valence-electron chi connectivity index (χ2n) is 11.0. The second kappa shape index (κ2) is 10.9. The molecule has 3 aromatic carbocycles. The van der Waals surface area contributed by atoms with Gasteiger partial charge in [0, 0.05) is 0 Å². The minimum atomic E-state index is -0.918. The Morgan fingerprint density at radius 2 is 1.65 bits per heavy atom. The third-order valence-corrected chi connectivity index (χ3v) is 6.82. The summed E-state index contributed by atoms with van der Waals surface area (Å²) in [5, 5.41) is 22.8. The van der Waals surface area contributed by atoms with Gasteiger partial charge in [0.05, 0.1) is 11.7 Å². The second-order valence-corrected chi connectivity index (χ2v) is 11.0. The Bertz CT molecular complexity index is 1250. The van der Waals surface area contributed by atoms with Crippen LogP contribution in [-0.2, 0) is 15.1 Å². The first kappa shape index (κ1) is 26.6. The Morgan fingerprint density at radius 3 is 2.22 bits per heavy atom. The highest BCUT2D eigenvalue weighted by Gasteiger charge is 2.46. The van der Waals surface area contributed by atoms with Gasteiger partial charge in [-0.1, -0.05) is 86.6 Å². The van der Waals surface area contributed by atoms with E-state index >= 15 is 0 Å². The van der Waals surface area contributed by atoms with E-state index in [2.05, 4.69) is 25.2 Å². The molecule has 0 aromatic heterocycles. The van der Waals surface area contributed by atoms with E-state index in [9.17, 15) is 15.2 Å². The summed E-state index contributed by atoms with van der Waals surface area (Å²) in [6.07, 6.45) is 0.797.